The van der Waals surface area contributed by atoms with Gasteiger partial charge in [-0.25, -0.2) is 13.2 Å². The third-order valence-corrected chi connectivity index (χ3v) is 5.83. The van der Waals surface area contributed by atoms with Gasteiger partial charge in [-0.15, -0.1) is 0 Å². The van der Waals surface area contributed by atoms with Crippen LogP contribution in [0.3, 0.4) is 0 Å². The molecule has 1 aliphatic heterocycles. The first kappa shape index (κ1) is 14.3. The highest BCUT2D eigenvalue weighted by Gasteiger charge is 2.25. The van der Waals surface area contributed by atoms with Crippen LogP contribution < -0.4 is 5.69 Å². The first-order valence-electron chi connectivity index (χ1n) is 7.29. The predicted octanol–water partition coefficient (Wildman–Crippen LogP) is 1.81. The highest BCUT2D eigenvalue weighted by molar-refractivity contribution is 7.89. The lowest BCUT2D eigenvalue weighted by Gasteiger charge is -2.24. The summed E-state index contributed by atoms with van der Waals surface area (Å²) in [6.45, 7) is 1.15. The molecular formula is C14H19N3O3S. The molecule has 0 spiro atoms. The number of imidazole rings is 1. The summed E-state index contributed by atoms with van der Waals surface area (Å²) < 4.78 is 27.0. The van der Waals surface area contributed by atoms with E-state index in [1.165, 1.54) is 12.5 Å². The summed E-state index contributed by atoms with van der Waals surface area (Å²) in [5, 5.41) is 0. The van der Waals surface area contributed by atoms with Crippen LogP contribution in [0.25, 0.3) is 11.0 Å². The van der Waals surface area contributed by atoms with Crippen molar-refractivity contribution in [1.82, 2.24) is 14.3 Å². The number of hydrogen-bond acceptors (Lipinski definition) is 3. The van der Waals surface area contributed by atoms with Crippen molar-refractivity contribution >= 4 is 21.1 Å². The number of hydrogen-bond donors (Lipinski definition) is 2. The molecule has 3 rings (SSSR count). The Bertz CT molecular complexity index is 783. The van der Waals surface area contributed by atoms with Crippen molar-refractivity contribution in [3.05, 3.63) is 28.7 Å². The normalized spacial score (nSPS) is 18.5. The molecule has 2 heterocycles. The van der Waals surface area contributed by atoms with E-state index in [9.17, 15) is 13.2 Å². The molecule has 0 aliphatic carbocycles. The summed E-state index contributed by atoms with van der Waals surface area (Å²) in [5.41, 5.74) is 0.811. The van der Waals surface area contributed by atoms with E-state index in [1.807, 2.05) is 0 Å². The Morgan fingerprint density at radius 1 is 0.905 bits per heavy atom. The van der Waals surface area contributed by atoms with Gasteiger partial charge in [-0.3, -0.25) is 0 Å². The molecule has 1 aromatic carbocycles. The highest BCUT2D eigenvalue weighted by Crippen LogP contribution is 2.22. The quantitative estimate of drug-likeness (QED) is 0.887. The number of fused-ring (bicyclic) bond motifs is 1. The zero-order valence-electron chi connectivity index (χ0n) is 11.8. The second kappa shape index (κ2) is 5.65. The molecule has 1 saturated heterocycles. The zero-order valence-corrected chi connectivity index (χ0v) is 12.6. The van der Waals surface area contributed by atoms with Crippen LogP contribution in [-0.2, 0) is 10.0 Å². The number of sulfonamides is 1. The summed E-state index contributed by atoms with van der Waals surface area (Å²) in [7, 11) is -3.49. The van der Waals surface area contributed by atoms with Gasteiger partial charge in [-0.1, -0.05) is 19.3 Å². The summed E-state index contributed by atoms with van der Waals surface area (Å²) in [6.07, 6.45) is 5.15. The number of rotatable bonds is 2. The van der Waals surface area contributed by atoms with Gasteiger partial charge in [-0.2, -0.15) is 4.31 Å². The minimum absolute atomic E-state index is 0.242. The van der Waals surface area contributed by atoms with Crippen LogP contribution in [0.15, 0.2) is 27.9 Å². The molecule has 114 valence electrons. The molecule has 0 atom stereocenters. The number of nitrogens with zero attached hydrogens (tertiary/aromatic N) is 1. The minimum Gasteiger partial charge on any atom is -0.306 e. The molecule has 2 N–H and O–H groups in total. The zero-order chi connectivity index (χ0) is 14.9. The lowest BCUT2D eigenvalue weighted by molar-refractivity contribution is 0.364. The molecule has 1 fully saturated rings. The van der Waals surface area contributed by atoms with Gasteiger partial charge >= 0.3 is 5.69 Å². The second-order valence-corrected chi connectivity index (χ2v) is 7.40. The minimum atomic E-state index is -3.49. The molecule has 0 unspecified atom stereocenters. The number of benzene rings is 1. The third kappa shape index (κ3) is 2.89. The van der Waals surface area contributed by atoms with Crippen LogP contribution in [0.5, 0.6) is 0 Å². The first-order valence-corrected chi connectivity index (χ1v) is 8.73. The number of nitrogens with one attached hydrogen (secondary N) is 2. The summed E-state index contributed by atoms with van der Waals surface area (Å²) in [4.78, 5) is 16.7. The Kier molecular flexibility index (Phi) is 3.86. The van der Waals surface area contributed by atoms with E-state index >= 15 is 0 Å². The van der Waals surface area contributed by atoms with Crippen molar-refractivity contribution in [3.8, 4) is 0 Å². The standard InChI is InChI=1S/C14H19N3O3S/c18-14-15-12-7-6-11(10-13(12)16-14)21(19,20)17-8-4-2-1-3-5-9-17/h6-7,10H,1-5,8-9H2,(H2,15,16,18). The lowest BCUT2D eigenvalue weighted by Crippen LogP contribution is -2.33. The van der Waals surface area contributed by atoms with Crippen LogP contribution in [0.4, 0.5) is 0 Å². The van der Waals surface area contributed by atoms with Crippen molar-refractivity contribution in [2.24, 2.45) is 0 Å². The van der Waals surface area contributed by atoms with Gasteiger partial charge in [0.15, 0.2) is 0 Å². The van der Waals surface area contributed by atoms with E-state index in [1.54, 1.807) is 16.4 Å². The van der Waals surface area contributed by atoms with Crippen molar-refractivity contribution in [2.45, 2.75) is 37.0 Å². The fourth-order valence-electron chi connectivity index (χ4n) is 2.78. The largest absolute Gasteiger partial charge is 0.323 e. The Morgan fingerprint density at radius 2 is 1.52 bits per heavy atom. The maximum absolute atomic E-state index is 12.7. The molecule has 7 heteroatoms. The van der Waals surface area contributed by atoms with Gasteiger partial charge in [-0.05, 0) is 31.0 Å². The van der Waals surface area contributed by atoms with Crippen molar-refractivity contribution in [1.29, 1.82) is 0 Å². The average molecular weight is 309 g/mol. The van der Waals surface area contributed by atoms with Crippen LogP contribution in [0.2, 0.25) is 0 Å². The Balaban J connectivity index is 1.95. The van der Waals surface area contributed by atoms with Gasteiger partial charge in [0.05, 0.1) is 15.9 Å². The smallest absolute Gasteiger partial charge is 0.306 e. The topological polar surface area (TPSA) is 86.0 Å². The summed E-state index contributed by atoms with van der Waals surface area (Å²) >= 11 is 0. The number of aromatic nitrogens is 2. The molecule has 0 radical (unpaired) electrons. The van der Waals surface area contributed by atoms with Gasteiger partial charge in [0.25, 0.3) is 0 Å². The van der Waals surface area contributed by atoms with Crippen LogP contribution in [0.1, 0.15) is 32.1 Å². The Hall–Kier alpha value is -1.60. The van der Waals surface area contributed by atoms with Gasteiger partial charge < -0.3 is 9.97 Å². The van der Waals surface area contributed by atoms with Crippen LogP contribution in [0, 0.1) is 0 Å². The number of aromatic amines is 2. The molecule has 1 aliphatic rings. The SMILES string of the molecule is O=c1[nH]c2ccc(S(=O)(=O)N3CCCCCCC3)cc2[nH]1. The van der Waals surface area contributed by atoms with Crippen molar-refractivity contribution in [3.63, 3.8) is 0 Å². The molecule has 1 aromatic heterocycles. The maximum Gasteiger partial charge on any atom is 0.323 e. The summed E-state index contributed by atoms with van der Waals surface area (Å²) in [5.74, 6) is 0. The van der Waals surface area contributed by atoms with E-state index in [4.69, 9.17) is 0 Å². The Morgan fingerprint density at radius 3 is 2.24 bits per heavy atom. The molecule has 0 bridgehead atoms. The summed E-state index contributed by atoms with van der Waals surface area (Å²) in [6, 6.07) is 4.71. The Labute approximate surface area is 123 Å². The van der Waals surface area contributed by atoms with Crippen LogP contribution >= 0.6 is 0 Å². The fourth-order valence-corrected chi connectivity index (χ4v) is 4.32. The van der Waals surface area contributed by atoms with Gasteiger partial charge in [0.2, 0.25) is 10.0 Å². The molecule has 0 amide bonds. The molecule has 21 heavy (non-hydrogen) atoms. The monoisotopic (exact) mass is 309 g/mol. The molecular weight excluding hydrogens is 290 g/mol. The average Bonchev–Trinajstić information content (AvgIpc) is 2.76. The van der Waals surface area contributed by atoms with E-state index in [2.05, 4.69) is 9.97 Å². The van der Waals surface area contributed by atoms with Gasteiger partial charge in [0, 0.05) is 13.1 Å². The lowest BCUT2D eigenvalue weighted by atomic mass is 10.1. The van der Waals surface area contributed by atoms with E-state index in [0.29, 0.717) is 24.1 Å². The molecule has 0 saturated carbocycles. The fraction of sp³-hybridized carbons (Fsp3) is 0.500. The van der Waals surface area contributed by atoms with E-state index in [0.717, 1.165) is 25.7 Å². The van der Waals surface area contributed by atoms with Crippen LogP contribution in [-0.4, -0.2) is 35.8 Å². The van der Waals surface area contributed by atoms with E-state index < -0.39 is 10.0 Å². The van der Waals surface area contributed by atoms with Gasteiger partial charge in [0.1, 0.15) is 0 Å². The predicted molar refractivity (Wildman–Crippen MR) is 80.8 cm³/mol. The van der Waals surface area contributed by atoms with Crippen molar-refractivity contribution in [2.75, 3.05) is 13.1 Å². The number of H-pyrrole nitrogens is 2. The third-order valence-electron chi connectivity index (χ3n) is 3.94. The molecule has 2 aromatic rings. The van der Waals surface area contributed by atoms with Crippen molar-refractivity contribution < 1.29 is 8.42 Å². The maximum atomic E-state index is 12.7. The highest BCUT2D eigenvalue weighted by atomic mass is 32.2. The second-order valence-electron chi connectivity index (χ2n) is 5.46. The van der Waals surface area contributed by atoms with E-state index in [-0.39, 0.29) is 10.6 Å². The first-order chi connectivity index (χ1) is 10.1. The molecule has 6 nitrogen and oxygen atoms in total.